The molecule has 2 atom stereocenters. The lowest BCUT2D eigenvalue weighted by atomic mass is 9.55. The molecule has 1 fully saturated rings. The van der Waals surface area contributed by atoms with Gasteiger partial charge in [0.25, 0.3) is 17.7 Å². The molecule has 1 saturated heterocycles. The average molecular weight is 716 g/mol. The molecule has 5 aromatic carbocycles. The van der Waals surface area contributed by atoms with Gasteiger partial charge in [0.2, 0.25) is 0 Å². The summed E-state index contributed by atoms with van der Waals surface area (Å²) < 4.78 is 5.48. The molecule has 51 heavy (non-hydrogen) atoms. The fraction of sp³-hybridized carbons (Fsp3) is 0.146. The number of hydrazine groups is 1. The molecule has 0 N–H and O–H groups in total. The highest BCUT2D eigenvalue weighted by Gasteiger charge is 2.63. The first-order valence-corrected chi connectivity index (χ1v) is 17.1. The lowest BCUT2D eigenvalue weighted by molar-refractivity contribution is -0.154. The van der Waals surface area contributed by atoms with E-state index in [2.05, 4.69) is 0 Å². The summed E-state index contributed by atoms with van der Waals surface area (Å²) in [5, 5.41) is 2.05. The summed E-state index contributed by atoms with van der Waals surface area (Å²) in [6, 6.07) is 32.6. The largest absolute Gasteiger partial charge is 0.423 e. The van der Waals surface area contributed by atoms with Crippen molar-refractivity contribution in [1.82, 2.24) is 10.0 Å². The van der Waals surface area contributed by atoms with Gasteiger partial charge in [-0.15, -0.1) is 0 Å². The molecular weight excluding hydrogens is 687 g/mol. The van der Waals surface area contributed by atoms with Crippen LogP contribution in [0.25, 0.3) is 0 Å². The summed E-state index contributed by atoms with van der Waals surface area (Å²) in [5.74, 6) is -5.21. The number of nitrogens with zero attached hydrogens (tertiary/aromatic N) is 2. The number of benzene rings is 5. The predicted molar refractivity (Wildman–Crippen MR) is 190 cm³/mol. The molecule has 10 heteroatoms. The van der Waals surface area contributed by atoms with Crippen LogP contribution in [0.1, 0.15) is 70.7 Å². The van der Waals surface area contributed by atoms with Gasteiger partial charge >= 0.3 is 5.97 Å². The maximum absolute atomic E-state index is 14.6. The number of ether oxygens (including phenoxy) is 1. The molecule has 0 saturated carbocycles. The molecule has 0 unspecified atom stereocenters. The van der Waals surface area contributed by atoms with E-state index >= 15 is 0 Å². The van der Waals surface area contributed by atoms with Gasteiger partial charge in [0.05, 0.1) is 28.0 Å². The molecule has 0 radical (unpaired) electrons. The van der Waals surface area contributed by atoms with E-state index in [1.54, 1.807) is 24.3 Å². The van der Waals surface area contributed by atoms with Crippen molar-refractivity contribution >= 4 is 52.7 Å². The maximum Gasteiger partial charge on any atom is 0.343 e. The summed E-state index contributed by atoms with van der Waals surface area (Å²) in [5.41, 5.74) is 5.41. The first-order valence-electron chi connectivity index (χ1n) is 16.4. The first-order chi connectivity index (χ1) is 24.6. The Morgan fingerprint density at radius 2 is 1.20 bits per heavy atom. The molecule has 9 rings (SSSR count). The molecule has 0 aromatic heterocycles. The Balaban J connectivity index is 1.13. The number of Topliss-reactive ketones (excluding diaryl/α,β-unsaturated/α-hetero) is 1. The van der Waals surface area contributed by atoms with Crippen molar-refractivity contribution in [2.75, 3.05) is 6.54 Å². The number of imide groups is 1. The van der Waals surface area contributed by atoms with Gasteiger partial charge in [-0.25, -0.2) is 9.80 Å². The Hall–Kier alpha value is -5.57. The third-order valence-electron chi connectivity index (χ3n) is 10.0. The molecule has 1 aliphatic heterocycles. The van der Waals surface area contributed by atoms with Crippen molar-refractivity contribution < 1.29 is 28.7 Å². The third-order valence-corrected chi connectivity index (χ3v) is 10.6. The summed E-state index contributed by atoms with van der Waals surface area (Å²) in [6.07, 6.45) is 0. The van der Waals surface area contributed by atoms with Gasteiger partial charge in [-0.3, -0.25) is 19.2 Å². The number of carbonyl (C=O) groups is 5. The molecule has 8 nitrogen and oxygen atoms in total. The summed E-state index contributed by atoms with van der Waals surface area (Å²) in [4.78, 5) is 70.0. The lowest BCUT2D eigenvalue weighted by Gasteiger charge is -2.45. The van der Waals surface area contributed by atoms with Gasteiger partial charge in [0.1, 0.15) is 12.3 Å². The third kappa shape index (κ3) is 5.42. The number of hydrogen-bond acceptors (Lipinski definition) is 6. The number of ketones is 1. The average Bonchev–Trinajstić information content (AvgIpc) is 3.40. The van der Waals surface area contributed by atoms with Crippen LogP contribution in [0.2, 0.25) is 10.0 Å². The van der Waals surface area contributed by atoms with Crippen molar-refractivity contribution in [3.63, 3.8) is 0 Å². The van der Waals surface area contributed by atoms with Gasteiger partial charge in [0, 0.05) is 22.4 Å². The molecule has 5 aromatic rings. The number of aryl methyl sites for hydroxylation is 1. The Morgan fingerprint density at radius 1 is 0.686 bits per heavy atom. The van der Waals surface area contributed by atoms with E-state index in [1.165, 1.54) is 42.5 Å². The van der Waals surface area contributed by atoms with Gasteiger partial charge < -0.3 is 4.74 Å². The lowest BCUT2D eigenvalue weighted by Crippen LogP contribution is -2.52. The van der Waals surface area contributed by atoms with Crippen LogP contribution in [-0.2, 0) is 9.59 Å². The van der Waals surface area contributed by atoms with Crippen LogP contribution >= 0.6 is 23.2 Å². The van der Waals surface area contributed by atoms with Crippen LogP contribution in [0.5, 0.6) is 5.75 Å². The number of esters is 1. The summed E-state index contributed by atoms with van der Waals surface area (Å²) in [6.45, 7) is 1.26. The van der Waals surface area contributed by atoms with Crippen molar-refractivity contribution in [3.8, 4) is 5.75 Å². The van der Waals surface area contributed by atoms with Crippen LogP contribution in [0.4, 0.5) is 0 Å². The standard InChI is InChI=1S/C41H28Cl2N2O6/c1-22-10-12-24(13-11-22)41(50)51-26-17-14-23(15-18-26)33(46)21-44(38(47)31-19-16-25(42)20-32(31)43)45-39(48)36-34-27-6-2-3-7-28(27)35(37(36)40(45)49)30-9-5-4-8-29(30)34/h2-20,34-37H,21H2,1H3/t34?,35?,36-,37-/m1/s1. The molecule has 0 spiro atoms. The van der Waals surface area contributed by atoms with E-state index in [4.69, 9.17) is 27.9 Å². The topological polar surface area (TPSA) is 101 Å². The number of carbonyl (C=O) groups excluding carboxylic acids is 5. The van der Waals surface area contributed by atoms with E-state index < -0.39 is 59.7 Å². The van der Waals surface area contributed by atoms with E-state index in [1.807, 2.05) is 55.5 Å². The quantitative estimate of drug-likeness (QED) is 0.0743. The normalized spacial score (nSPS) is 19.6. The second-order valence-corrected chi connectivity index (χ2v) is 13.8. The number of rotatable bonds is 7. The molecular formula is C41H28Cl2N2O6. The van der Waals surface area contributed by atoms with Crippen LogP contribution in [-0.4, -0.2) is 46.0 Å². The summed E-state index contributed by atoms with van der Waals surface area (Å²) >= 11 is 12.6. The fourth-order valence-corrected chi connectivity index (χ4v) is 8.22. The van der Waals surface area contributed by atoms with Crippen molar-refractivity contribution in [3.05, 3.63) is 170 Å². The smallest absolute Gasteiger partial charge is 0.343 e. The second-order valence-electron chi connectivity index (χ2n) is 12.9. The molecule has 1 heterocycles. The Morgan fingerprint density at radius 3 is 1.71 bits per heavy atom. The van der Waals surface area contributed by atoms with Gasteiger partial charge in [-0.2, -0.15) is 5.01 Å². The minimum atomic E-state index is -0.809. The van der Waals surface area contributed by atoms with Crippen molar-refractivity contribution in [2.24, 2.45) is 11.8 Å². The van der Waals surface area contributed by atoms with E-state index in [0.29, 0.717) is 5.56 Å². The highest BCUT2D eigenvalue weighted by Crippen LogP contribution is 2.61. The SMILES string of the molecule is Cc1ccc(C(=O)Oc2ccc(C(=O)CN(C(=O)c3ccc(Cl)cc3Cl)N3C(=O)[C@@H]4C5c6ccccc6C(c6ccccc65)[C@H]4C3=O)cc2)cc1. The summed E-state index contributed by atoms with van der Waals surface area (Å²) in [7, 11) is 0. The van der Waals surface area contributed by atoms with Gasteiger partial charge in [-0.1, -0.05) is 89.4 Å². The highest BCUT2D eigenvalue weighted by atomic mass is 35.5. The Kier molecular flexibility index (Phi) is 8.08. The molecule has 3 aliphatic carbocycles. The van der Waals surface area contributed by atoms with Crippen LogP contribution in [0.15, 0.2) is 115 Å². The monoisotopic (exact) mass is 714 g/mol. The molecule has 4 aliphatic rings. The minimum absolute atomic E-state index is 0.00101. The van der Waals surface area contributed by atoms with E-state index in [9.17, 15) is 24.0 Å². The van der Waals surface area contributed by atoms with Crippen LogP contribution in [0, 0.1) is 18.8 Å². The van der Waals surface area contributed by atoms with Gasteiger partial charge in [-0.05, 0) is 83.8 Å². The van der Waals surface area contributed by atoms with Crippen LogP contribution < -0.4 is 4.74 Å². The predicted octanol–water partition coefficient (Wildman–Crippen LogP) is 7.65. The fourth-order valence-electron chi connectivity index (χ4n) is 7.73. The minimum Gasteiger partial charge on any atom is -0.423 e. The Labute approximate surface area is 303 Å². The zero-order chi connectivity index (χ0) is 35.6. The number of hydrogen-bond donors (Lipinski definition) is 0. The maximum atomic E-state index is 14.6. The van der Waals surface area contributed by atoms with E-state index in [0.717, 1.165) is 37.8 Å². The number of halogens is 2. The molecule has 2 bridgehead atoms. The molecule has 3 amide bonds. The van der Waals surface area contributed by atoms with Crippen LogP contribution in [0.3, 0.4) is 0 Å². The van der Waals surface area contributed by atoms with Crippen molar-refractivity contribution in [1.29, 1.82) is 0 Å². The number of amides is 3. The van der Waals surface area contributed by atoms with Crippen molar-refractivity contribution in [2.45, 2.75) is 18.8 Å². The second kappa shape index (κ2) is 12.6. The van der Waals surface area contributed by atoms with Gasteiger partial charge in [0.15, 0.2) is 5.78 Å². The first kappa shape index (κ1) is 32.6. The Bertz CT molecular complexity index is 2170. The van der Waals surface area contributed by atoms with E-state index in [-0.39, 0.29) is 26.9 Å². The zero-order valence-electron chi connectivity index (χ0n) is 27.1. The highest BCUT2D eigenvalue weighted by molar-refractivity contribution is 6.36. The molecule has 252 valence electrons. The zero-order valence-corrected chi connectivity index (χ0v) is 28.6.